The lowest BCUT2D eigenvalue weighted by Crippen LogP contribution is -1.45. The molecule has 0 bridgehead atoms. The van der Waals surface area contributed by atoms with Gasteiger partial charge in [0.25, 0.3) is 0 Å². The highest BCUT2D eigenvalue weighted by Crippen LogP contribution is 2.49. The molecule has 1 rings (SSSR count). The third kappa shape index (κ3) is 6.16. The van der Waals surface area contributed by atoms with E-state index >= 15 is 0 Å². The largest absolute Gasteiger partial charge is 0.0617 e. The van der Waals surface area contributed by atoms with Crippen LogP contribution in [0.25, 0.3) is 0 Å². The molecule has 0 aromatic carbocycles. The second kappa shape index (κ2) is 7.61. The minimum Gasteiger partial charge on any atom is -0.0617 e. The van der Waals surface area contributed by atoms with Crippen molar-refractivity contribution in [3.8, 4) is 0 Å². The van der Waals surface area contributed by atoms with Crippen LogP contribution in [0.4, 0.5) is 0 Å². The second-order valence-corrected chi connectivity index (χ2v) is 8.83. The highest BCUT2D eigenvalue weighted by atomic mass is 33.8. The zero-order valence-electron chi connectivity index (χ0n) is 5.51. The van der Waals surface area contributed by atoms with Crippen molar-refractivity contribution < 1.29 is 0 Å². The van der Waals surface area contributed by atoms with Crippen LogP contribution in [-0.2, 0) is 0 Å². The Morgan fingerprint density at radius 3 is 1.64 bits per heavy atom. The molecule has 0 aliphatic carbocycles. The number of hydrogen-bond donors (Lipinski definition) is 0. The van der Waals surface area contributed by atoms with E-state index in [1.54, 1.807) is 51.1 Å². The van der Waals surface area contributed by atoms with E-state index in [9.17, 15) is 0 Å². The first-order valence-corrected chi connectivity index (χ1v) is 9.08. The Morgan fingerprint density at radius 1 is 0.545 bits per heavy atom. The quantitative estimate of drug-likeness (QED) is 0.548. The van der Waals surface area contributed by atoms with Crippen LogP contribution in [0.5, 0.6) is 0 Å². The lowest BCUT2D eigenvalue weighted by Gasteiger charge is -1.90. The summed E-state index contributed by atoms with van der Waals surface area (Å²) >= 11 is 0. The van der Waals surface area contributed by atoms with Gasteiger partial charge in [-0.15, -0.1) is 0 Å². The molecule has 0 spiro atoms. The molecule has 0 aromatic heterocycles. The van der Waals surface area contributed by atoms with E-state index < -0.39 is 0 Å². The van der Waals surface area contributed by atoms with Gasteiger partial charge in [-0.3, -0.25) is 0 Å². The summed E-state index contributed by atoms with van der Waals surface area (Å²) in [5.74, 6) is 0. The van der Waals surface area contributed by atoms with E-state index in [0.29, 0.717) is 0 Å². The molecule has 0 atom stereocenters. The Labute approximate surface area is 85.7 Å². The maximum atomic E-state index is 2.08. The zero-order valence-corrected chi connectivity index (χ0v) is 9.59. The van der Waals surface area contributed by atoms with Gasteiger partial charge in [-0.2, -0.15) is 0 Å². The molecule has 0 nitrogen and oxygen atoms in total. The Balaban J connectivity index is 2.36. The Kier molecular flexibility index (Phi) is 6.96. The van der Waals surface area contributed by atoms with E-state index in [4.69, 9.17) is 0 Å². The van der Waals surface area contributed by atoms with Crippen molar-refractivity contribution in [2.75, 3.05) is 0 Å². The van der Waals surface area contributed by atoms with Gasteiger partial charge < -0.3 is 0 Å². The molecule has 11 heavy (non-hydrogen) atoms. The molecule has 0 radical (unpaired) electrons. The molecule has 0 saturated carbocycles. The standard InChI is InChI=1S/C6H6S5/c1-2-4-6-8-10-11-9-7-5-3-1/h1-6H/b2-1+,5-3-,6-4+. The first-order chi connectivity index (χ1) is 5.50. The van der Waals surface area contributed by atoms with Gasteiger partial charge in [0.2, 0.25) is 0 Å². The third-order valence-electron chi connectivity index (χ3n) is 0.736. The van der Waals surface area contributed by atoms with Gasteiger partial charge in [-0.05, 0) is 40.3 Å². The van der Waals surface area contributed by atoms with Crippen LogP contribution in [-0.4, -0.2) is 0 Å². The Hall–Kier alpha value is 0.970. The van der Waals surface area contributed by atoms with Gasteiger partial charge in [-0.1, -0.05) is 45.9 Å². The maximum absolute atomic E-state index is 2.08. The van der Waals surface area contributed by atoms with Crippen molar-refractivity contribution in [3.05, 3.63) is 35.1 Å². The van der Waals surface area contributed by atoms with Crippen LogP contribution in [0.1, 0.15) is 0 Å². The summed E-state index contributed by atoms with van der Waals surface area (Å²) in [4.78, 5) is 0. The molecule has 1 aliphatic heterocycles. The summed E-state index contributed by atoms with van der Waals surface area (Å²) in [7, 11) is 8.85. The van der Waals surface area contributed by atoms with Crippen molar-refractivity contribution >= 4 is 51.1 Å². The average Bonchev–Trinajstić information content (AvgIpc) is 2.08. The summed E-state index contributed by atoms with van der Waals surface area (Å²) in [5.41, 5.74) is 0. The normalized spacial score (nSPS) is 28.4. The number of allylic oxidation sites excluding steroid dienone is 4. The molecule has 0 amide bonds. The molecule has 1 heterocycles. The highest BCUT2D eigenvalue weighted by molar-refractivity contribution is 9.36. The third-order valence-corrected chi connectivity index (χ3v) is 8.43. The van der Waals surface area contributed by atoms with E-state index in [-0.39, 0.29) is 0 Å². The highest BCUT2D eigenvalue weighted by Gasteiger charge is 1.88. The van der Waals surface area contributed by atoms with Gasteiger partial charge in [0.05, 0.1) is 0 Å². The predicted octanol–water partition coefficient (Wildman–Crippen LogP) is 4.91. The van der Waals surface area contributed by atoms with Crippen LogP contribution in [0, 0.1) is 0 Å². The maximum Gasteiger partial charge on any atom is -0.00107 e. The molecule has 1 aliphatic rings. The van der Waals surface area contributed by atoms with Crippen LogP contribution < -0.4 is 0 Å². The monoisotopic (exact) mass is 238 g/mol. The van der Waals surface area contributed by atoms with Crippen molar-refractivity contribution in [2.45, 2.75) is 0 Å². The fraction of sp³-hybridized carbons (Fsp3) is 0. The summed E-state index contributed by atoms with van der Waals surface area (Å²) in [6.45, 7) is 0. The minimum atomic E-state index is 1.75. The van der Waals surface area contributed by atoms with Crippen molar-refractivity contribution in [2.24, 2.45) is 0 Å². The molecule has 0 fully saturated rings. The van der Waals surface area contributed by atoms with E-state index in [1.165, 1.54) is 0 Å². The summed E-state index contributed by atoms with van der Waals surface area (Å²) < 4.78 is 0. The fourth-order valence-corrected chi connectivity index (χ4v) is 7.56. The average molecular weight is 238 g/mol. The van der Waals surface area contributed by atoms with Crippen LogP contribution in [0.3, 0.4) is 0 Å². The SMILES string of the molecule is C1=C\SSSSS/C=C/C=C/1. The first kappa shape index (κ1) is 10.1. The van der Waals surface area contributed by atoms with E-state index in [0.717, 1.165) is 0 Å². The molecular weight excluding hydrogens is 232 g/mol. The molecule has 60 valence electrons. The van der Waals surface area contributed by atoms with Gasteiger partial charge >= 0.3 is 0 Å². The lowest BCUT2D eigenvalue weighted by atomic mass is 10.5. The first-order valence-electron chi connectivity index (χ1n) is 2.80. The smallest absolute Gasteiger partial charge is 0.00107 e. The fourth-order valence-electron chi connectivity index (χ4n) is 0.372. The molecular formula is C6H6S5. The molecule has 0 aromatic rings. The topological polar surface area (TPSA) is 0 Å². The number of hydrogen-bond acceptors (Lipinski definition) is 5. The van der Waals surface area contributed by atoms with Gasteiger partial charge in [-0.25, -0.2) is 0 Å². The molecule has 0 N–H and O–H groups in total. The van der Waals surface area contributed by atoms with Crippen molar-refractivity contribution in [3.63, 3.8) is 0 Å². The number of rotatable bonds is 0. The molecule has 5 heteroatoms. The molecule has 0 saturated heterocycles. The summed E-state index contributed by atoms with van der Waals surface area (Å²) in [6, 6.07) is 0. The van der Waals surface area contributed by atoms with Crippen molar-refractivity contribution in [1.82, 2.24) is 0 Å². The van der Waals surface area contributed by atoms with E-state index in [2.05, 4.69) is 10.8 Å². The summed E-state index contributed by atoms with van der Waals surface area (Å²) in [5, 5.41) is 4.16. The Morgan fingerprint density at radius 2 is 1.09 bits per heavy atom. The lowest BCUT2D eigenvalue weighted by molar-refractivity contribution is 1.96. The minimum absolute atomic E-state index is 1.75. The van der Waals surface area contributed by atoms with Crippen LogP contribution in [0.15, 0.2) is 35.1 Å². The van der Waals surface area contributed by atoms with Gasteiger partial charge in [0, 0.05) is 0 Å². The van der Waals surface area contributed by atoms with Gasteiger partial charge in [0.15, 0.2) is 0 Å². The summed E-state index contributed by atoms with van der Waals surface area (Å²) in [6.07, 6.45) is 8.16. The predicted molar refractivity (Wildman–Crippen MR) is 65.4 cm³/mol. The Bertz CT molecular complexity index is 154. The molecule has 0 unspecified atom stereocenters. The van der Waals surface area contributed by atoms with Crippen LogP contribution >= 0.6 is 51.1 Å². The van der Waals surface area contributed by atoms with Crippen LogP contribution in [0.2, 0.25) is 0 Å². The zero-order chi connectivity index (χ0) is 7.78. The van der Waals surface area contributed by atoms with Crippen molar-refractivity contribution in [1.29, 1.82) is 0 Å². The van der Waals surface area contributed by atoms with Gasteiger partial charge in [0.1, 0.15) is 0 Å². The van der Waals surface area contributed by atoms with E-state index in [1.807, 2.05) is 24.3 Å². The second-order valence-electron chi connectivity index (χ2n) is 1.44.